The summed E-state index contributed by atoms with van der Waals surface area (Å²) in [5, 5.41) is 19.5. The van der Waals surface area contributed by atoms with Crippen molar-refractivity contribution in [2.45, 2.75) is 51.6 Å². The molecule has 1 heterocycles. The van der Waals surface area contributed by atoms with E-state index < -0.39 is 11.6 Å². The summed E-state index contributed by atoms with van der Waals surface area (Å²) in [5.74, 6) is -0.959. The van der Waals surface area contributed by atoms with Crippen LogP contribution < -0.4 is 0 Å². The fraction of sp³-hybridized carbons (Fsp3) is 0.929. The highest BCUT2D eigenvalue weighted by atomic mass is 16.4. The van der Waals surface area contributed by atoms with Gasteiger partial charge >= 0.3 is 5.97 Å². The average molecular weight is 255 g/mol. The Kier molecular flexibility index (Phi) is 3.70. The molecule has 0 atom stereocenters. The van der Waals surface area contributed by atoms with Gasteiger partial charge < -0.3 is 10.2 Å². The number of hydrogen-bond acceptors (Lipinski definition) is 3. The van der Waals surface area contributed by atoms with Gasteiger partial charge in [-0.15, -0.1) is 0 Å². The topological polar surface area (TPSA) is 60.8 Å². The fourth-order valence-corrected chi connectivity index (χ4v) is 3.34. The van der Waals surface area contributed by atoms with Gasteiger partial charge in [-0.1, -0.05) is 13.8 Å². The summed E-state index contributed by atoms with van der Waals surface area (Å²) in [7, 11) is 0. The maximum absolute atomic E-state index is 10.9. The highest BCUT2D eigenvalue weighted by Gasteiger charge is 2.39. The zero-order valence-corrected chi connectivity index (χ0v) is 11.5. The van der Waals surface area contributed by atoms with Crippen LogP contribution in [-0.4, -0.2) is 46.3 Å². The SMILES string of the molecule is CC1(C)CCN(CC2(O)CCC(C(=O)O)CC2)C1. The number of aliphatic hydroxyl groups is 1. The van der Waals surface area contributed by atoms with E-state index in [2.05, 4.69) is 18.7 Å². The summed E-state index contributed by atoms with van der Waals surface area (Å²) in [6, 6.07) is 0. The molecule has 1 saturated carbocycles. The number of carboxylic acids is 1. The summed E-state index contributed by atoms with van der Waals surface area (Å²) < 4.78 is 0. The Labute approximate surface area is 109 Å². The summed E-state index contributed by atoms with van der Waals surface area (Å²) in [5.41, 5.74) is -0.305. The number of rotatable bonds is 3. The van der Waals surface area contributed by atoms with Crippen LogP contribution in [0.1, 0.15) is 46.0 Å². The lowest BCUT2D eigenvalue weighted by Gasteiger charge is -2.37. The van der Waals surface area contributed by atoms with Gasteiger partial charge in [0.1, 0.15) is 0 Å². The second kappa shape index (κ2) is 4.82. The third-order valence-electron chi connectivity index (χ3n) is 4.54. The lowest BCUT2D eigenvalue weighted by atomic mass is 9.78. The van der Waals surface area contributed by atoms with Crippen LogP contribution in [0, 0.1) is 11.3 Å². The van der Waals surface area contributed by atoms with Gasteiger partial charge in [-0.05, 0) is 44.1 Å². The molecule has 2 rings (SSSR count). The van der Waals surface area contributed by atoms with Crippen molar-refractivity contribution in [3.8, 4) is 0 Å². The number of nitrogens with zero attached hydrogens (tertiary/aromatic N) is 1. The van der Waals surface area contributed by atoms with Crippen LogP contribution in [0.3, 0.4) is 0 Å². The van der Waals surface area contributed by atoms with Crippen LogP contribution in [-0.2, 0) is 4.79 Å². The van der Waals surface area contributed by atoms with Crippen molar-refractivity contribution in [1.82, 2.24) is 4.90 Å². The molecule has 104 valence electrons. The largest absolute Gasteiger partial charge is 0.481 e. The Morgan fingerprint density at radius 3 is 2.33 bits per heavy atom. The zero-order valence-electron chi connectivity index (χ0n) is 11.5. The molecular weight excluding hydrogens is 230 g/mol. The molecule has 4 nitrogen and oxygen atoms in total. The number of carboxylic acid groups (broad SMARTS) is 1. The number of aliphatic carboxylic acids is 1. The molecule has 0 amide bonds. The van der Waals surface area contributed by atoms with Crippen molar-refractivity contribution in [1.29, 1.82) is 0 Å². The van der Waals surface area contributed by atoms with Gasteiger partial charge in [0.05, 0.1) is 11.5 Å². The first-order valence-corrected chi connectivity index (χ1v) is 6.97. The Morgan fingerprint density at radius 1 is 1.28 bits per heavy atom. The standard InChI is InChI=1S/C14H25NO3/c1-13(2)7-8-15(9-13)10-14(18)5-3-11(4-6-14)12(16)17/h11,18H,3-10H2,1-2H3,(H,16,17). The van der Waals surface area contributed by atoms with Crippen molar-refractivity contribution in [2.75, 3.05) is 19.6 Å². The lowest BCUT2D eigenvalue weighted by Crippen LogP contribution is -2.45. The van der Waals surface area contributed by atoms with Crippen LogP contribution in [0.2, 0.25) is 0 Å². The lowest BCUT2D eigenvalue weighted by molar-refractivity contribution is -0.145. The predicted octanol–water partition coefficient (Wildman–Crippen LogP) is 1.72. The molecule has 1 aliphatic carbocycles. The van der Waals surface area contributed by atoms with Crippen LogP contribution in [0.15, 0.2) is 0 Å². The predicted molar refractivity (Wildman–Crippen MR) is 69.4 cm³/mol. The van der Waals surface area contributed by atoms with Gasteiger partial charge in [0.2, 0.25) is 0 Å². The molecule has 1 aliphatic heterocycles. The molecule has 18 heavy (non-hydrogen) atoms. The summed E-state index contributed by atoms with van der Waals surface area (Å²) in [6.07, 6.45) is 3.66. The Morgan fingerprint density at radius 2 is 1.89 bits per heavy atom. The van der Waals surface area contributed by atoms with E-state index in [1.165, 1.54) is 6.42 Å². The number of carbonyl (C=O) groups is 1. The van der Waals surface area contributed by atoms with Gasteiger partial charge in [0, 0.05) is 13.1 Å². The monoisotopic (exact) mass is 255 g/mol. The third-order valence-corrected chi connectivity index (χ3v) is 4.54. The Bertz CT molecular complexity index is 319. The van der Waals surface area contributed by atoms with Crippen LogP contribution in [0.4, 0.5) is 0 Å². The zero-order chi connectivity index (χ0) is 13.4. The normalized spacial score (nSPS) is 36.7. The van der Waals surface area contributed by atoms with Crippen molar-refractivity contribution < 1.29 is 15.0 Å². The van der Waals surface area contributed by atoms with E-state index in [0.29, 0.717) is 37.6 Å². The second-order valence-corrected chi connectivity index (χ2v) is 6.96. The van der Waals surface area contributed by atoms with Crippen LogP contribution >= 0.6 is 0 Å². The Balaban J connectivity index is 1.85. The van der Waals surface area contributed by atoms with Crippen molar-refractivity contribution in [3.05, 3.63) is 0 Å². The maximum Gasteiger partial charge on any atom is 0.306 e. The van der Waals surface area contributed by atoms with E-state index in [1.54, 1.807) is 0 Å². The molecule has 1 saturated heterocycles. The second-order valence-electron chi connectivity index (χ2n) is 6.96. The number of hydrogen-bond donors (Lipinski definition) is 2. The summed E-state index contributed by atoms with van der Waals surface area (Å²) in [4.78, 5) is 13.2. The molecule has 2 N–H and O–H groups in total. The summed E-state index contributed by atoms with van der Waals surface area (Å²) >= 11 is 0. The summed E-state index contributed by atoms with van der Waals surface area (Å²) in [6.45, 7) is 7.33. The van der Waals surface area contributed by atoms with Gasteiger partial charge in [-0.2, -0.15) is 0 Å². The number of β-amino-alcohol motifs (C(OH)–C–C–N with tert-alkyl or cyclic N) is 1. The minimum atomic E-state index is -0.709. The quantitative estimate of drug-likeness (QED) is 0.806. The minimum Gasteiger partial charge on any atom is -0.481 e. The van der Waals surface area contributed by atoms with Crippen molar-refractivity contribution in [3.63, 3.8) is 0 Å². The van der Waals surface area contributed by atoms with E-state index in [1.807, 2.05) is 0 Å². The van der Waals surface area contributed by atoms with Crippen LogP contribution in [0.5, 0.6) is 0 Å². The first-order chi connectivity index (χ1) is 8.30. The minimum absolute atomic E-state index is 0.250. The molecule has 4 heteroatoms. The van der Waals surface area contributed by atoms with E-state index >= 15 is 0 Å². The molecule has 0 aromatic heterocycles. The molecule has 0 aromatic rings. The van der Waals surface area contributed by atoms with Gasteiger partial charge in [-0.25, -0.2) is 0 Å². The molecule has 2 fully saturated rings. The average Bonchev–Trinajstić information content (AvgIpc) is 2.57. The van der Waals surface area contributed by atoms with E-state index in [4.69, 9.17) is 5.11 Å². The van der Waals surface area contributed by atoms with Crippen molar-refractivity contribution >= 4 is 5.97 Å². The third kappa shape index (κ3) is 3.23. The first-order valence-electron chi connectivity index (χ1n) is 6.97. The first kappa shape index (κ1) is 13.8. The molecular formula is C14H25NO3. The van der Waals surface area contributed by atoms with Crippen molar-refractivity contribution in [2.24, 2.45) is 11.3 Å². The van der Waals surface area contributed by atoms with E-state index in [9.17, 15) is 9.90 Å². The smallest absolute Gasteiger partial charge is 0.306 e. The molecule has 0 spiro atoms. The van der Waals surface area contributed by atoms with Gasteiger partial charge in [0.15, 0.2) is 0 Å². The molecule has 0 bridgehead atoms. The van der Waals surface area contributed by atoms with Gasteiger partial charge in [-0.3, -0.25) is 9.69 Å². The highest BCUT2D eigenvalue weighted by molar-refractivity contribution is 5.70. The van der Waals surface area contributed by atoms with Crippen LogP contribution in [0.25, 0.3) is 0 Å². The molecule has 0 radical (unpaired) electrons. The molecule has 0 unspecified atom stereocenters. The van der Waals surface area contributed by atoms with E-state index in [0.717, 1.165) is 13.1 Å². The molecule has 0 aromatic carbocycles. The van der Waals surface area contributed by atoms with Gasteiger partial charge in [0.25, 0.3) is 0 Å². The van der Waals surface area contributed by atoms with E-state index in [-0.39, 0.29) is 5.92 Å². The fourth-order valence-electron chi connectivity index (χ4n) is 3.34. The molecule has 2 aliphatic rings. The maximum atomic E-state index is 10.9. The number of likely N-dealkylation sites (tertiary alicyclic amines) is 1. The Hall–Kier alpha value is -0.610. The highest BCUT2D eigenvalue weighted by Crippen LogP contribution is 2.35.